The van der Waals surface area contributed by atoms with E-state index in [1.807, 2.05) is 22.5 Å². The van der Waals surface area contributed by atoms with Crippen molar-refractivity contribution in [3.63, 3.8) is 0 Å². The average molecular weight is 384 g/mol. The SMILES string of the molecule is CN(CC1CCCCC(=O)N1C)C1CN(c2ccc3nnc(C4CC4)n3n2)C1. The van der Waals surface area contributed by atoms with Gasteiger partial charge in [0.2, 0.25) is 5.91 Å². The summed E-state index contributed by atoms with van der Waals surface area (Å²) in [5.41, 5.74) is 0.834. The lowest BCUT2D eigenvalue weighted by Crippen LogP contribution is -2.60. The van der Waals surface area contributed by atoms with Gasteiger partial charge < -0.3 is 9.80 Å². The molecule has 2 aromatic heterocycles. The van der Waals surface area contributed by atoms with Crippen molar-refractivity contribution in [2.45, 2.75) is 56.5 Å². The molecule has 2 aliphatic heterocycles. The Hall–Kier alpha value is -2.22. The fourth-order valence-corrected chi connectivity index (χ4v) is 4.41. The van der Waals surface area contributed by atoms with E-state index < -0.39 is 0 Å². The fraction of sp³-hybridized carbons (Fsp3) is 0.700. The van der Waals surface area contributed by atoms with E-state index in [0.29, 0.717) is 30.3 Å². The van der Waals surface area contributed by atoms with E-state index in [9.17, 15) is 4.79 Å². The maximum atomic E-state index is 12.1. The fourth-order valence-electron chi connectivity index (χ4n) is 4.41. The van der Waals surface area contributed by atoms with Crippen molar-refractivity contribution >= 4 is 17.4 Å². The normalized spacial score (nSPS) is 24.1. The number of likely N-dealkylation sites (N-methyl/N-ethyl adjacent to an activating group) is 2. The Balaban J connectivity index is 1.21. The van der Waals surface area contributed by atoms with Crippen molar-refractivity contribution in [1.82, 2.24) is 29.6 Å². The Bertz CT molecular complexity index is 871. The Morgan fingerprint density at radius 2 is 1.96 bits per heavy atom. The quantitative estimate of drug-likeness (QED) is 0.780. The molecule has 28 heavy (non-hydrogen) atoms. The minimum atomic E-state index is 0.295. The largest absolute Gasteiger partial charge is 0.352 e. The molecule has 0 spiro atoms. The number of likely N-dealkylation sites (tertiary alicyclic amines) is 1. The summed E-state index contributed by atoms with van der Waals surface area (Å²) in [4.78, 5) is 18.9. The second-order valence-corrected chi connectivity index (χ2v) is 8.70. The number of hydrogen-bond donors (Lipinski definition) is 0. The Morgan fingerprint density at radius 1 is 1.14 bits per heavy atom. The summed E-state index contributed by atoms with van der Waals surface area (Å²) >= 11 is 0. The Morgan fingerprint density at radius 3 is 2.75 bits per heavy atom. The van der Waals surface area contributed by atoms with Gasteiger partial charge in [0.25, 0.3) is 0 Å². The van der Waals surface area contributed by atoms with E-state index >= 15 is 0 Å². The van der Waals surface area contributed by atoms with Crippen LogP contribution in [-0.2, 0) is 4.79 Å². The number of hydrogen-bond acceptors (Lipinski definition) is 6. The van der Waals surface area contributed by atoms with Gasteiger partial charge in [-0.1, -0.05) is 6.42 Å². The molecular weight excluding hydrogens is 354 g/mol. The maximum Gasteiger partial charge on any atom is 0.222 e. The van der Waals surface area contributed by atoms with E-state index in [1.54, 1.807) is 0 Å². The van der Waals surface area contributed by atoms with Crippen LogP contribution in [0.1, 0.15) is 50.3 Å². The number of carbonyl (C=O) groups excluding carboxylic acids is 1. The van der Waals surface area contributed by atoms with E-state index in [1.165, 1.54) is 12.8 Å². The number of anilines is 1. The molecule has 5 rings (SSSR count). The van der Waals surface area contributed by atoms with E-state index in [-0.39, 0.29) is 0 Å². The van der Waals surface area contributed by atoms with Crippen molar-refractivity contribution in [2.75, 3.05) is 38.6 Å². The minimum absolute atomic E-state index is 0.295. The van der Waals surface area contributed by atoms with Gasteiger partial charge in [0.1, 0.15) is 5.82 Å². The highest BCUT2D eigenvalue weighted by Gasteiger charge is 2.34. The smallest absolute Gasteiger partial charge is 0.222 e. The van der Waals surface area contributed by atoms with E-state index in [4.69, 9.17) is 5.10 Å². The van der Waals surface area contributed by atoms with Crippen LogP contribution >= 0.6 is 0 Å². The molecule has 1 aliphatic carbocycles. The summed E-state index contributed by atoms with van der Waals surface area (Å²) in [6.07, 6.45) is 6.38. The summed E-state index contributed by atoms with van der Waals surface area (Å²) < 4.78 is 1.93. The van der Waals surface area contributed by atoms with Crippen molar-refractivity contribution < 1.29 is 4.79 Å². The number of aromatic nitrogens is 4. The van der Waals surface area contributed by atoms with Gasteiger partial charge in [-0.3, -0.25) is 9.69 Å². The molecule has 1 saturated carbocycles. The predicted molar refractivity (Wildman–Crippen MR) is 106 cm³/mol. The van der Waals surface area contributed by atoms with Crippen molar-refractivity contribution in [1.29, 1.82) is 0 Å². The summed E-state index contributed by atoms with van der Waals surface area (Å²) in [6, 6.07) is 4.91. The minimum Gasteiger partial charge on any atom is -0.352 e. The number of rotatable bonds is 5. The second-order valence-electron chi connectivity index (χ2n) is 8.70. The topological polar surface area (TPSA) is 69.9 Å². The highest BCUT2D eigenvalue weighted by molar-refractivity contribution is 5.76. The third kappa shape index (κ3) is 3.23. The van der Waals surface area contributed by atoms with Crippen LogP contribution in [0.5, 0.6) is 0 Å². The molecule has 3 aliphatic rings. The van der Waals surface area contributed by atoms with Gasteiger partial charge in [-0.2, -0.15) is 4.52 Å². The van der Waals surface area contributed by atoms with Crippen LogP contribution in [0.4, 0.5) is 5.82 Å². The van der Waals surface area contributed by atoms with Crippen LogP contribution in [0.25, 0.3) is 5.65 Å². The monoisotopic (exact) mass is 383 g/mol. The molecule has 2 aromatic rings. The summed E-state index contributed by atoms with van der Waals surface area (Å²) in [5, 5.41) is 13.4. The van der Waals surface area contributed by atoms with Gasteiger partial charge >= 0.3 is 0 Å². The zero-order valence-electron chi connectivity index (χ0n) is 16.8. The lowest BCUT2D eigenvalue weighted by Gasteiger charge is -2.46. The molecule has 1 amide bonds. The number of nitrogens with zero attached hydrogens (tertiary/aromatic N) is 7. The molecule has 1 atom stereocenters. The van der Waals surface area contributed by atoms with Crippen LogP contribution in [-0.4, -0.2) is 81.3 Å². The summed E-state index contributed by atoms with van der Waals surface area (Å²) in [6.45, 7) is 2.89. The first-order valence-electron chi connectivity index (χ1n) is 10.5. The van der Waals surface area contributed by atoms with Gasteiger partial charge in [0.05, 0.1) is 0 Å². The van der Waals surface area contributed by atoms with Gasteiger partial charge in [-0.15, -0.1) is 15.3 Å². The van der Waals surface area contributed by atoms with Crippen LogP contribution < -0.4 is 4.90 Å². The average Bonchev–Trinajstić information content (AvgIpc) is 3.43. The first-order chi connectivity index (χ1) is 13.6. The Kier molecular flexibility index (Phi) is 4.45. The highest BCUT2D eigenvalue weighted by atomic mass is 16.2. The molecule has 3 fully saturated rings. The van der Waals surface area contributed by atoms with Crippen LogP contribution in [0.3, 0.4) is 0 Å². The molecular formula is C20H29N7O. The van der Waals surface area contributed by atoms with Crippen molar-refractivity contribution in [3.8, 4) is 0 Å². The standard InChI is InChI=1S/C20H29N7O/c1-24(11-15-5-3-4-6-19(28)25(15)2)16-12-26(13-16)18-10-9-17-21-22-20(14-7-8-14)27(17)23-18/h9-10,14-16H,3-8,11-13H2,1-2H3. The molecule has 0 bridgehead atoms. The maximum absolute atomic E-state index is 12.1. The zero-order valence-corrected chi connectivity index (χ0v) is 16.8. The molecule has 1 unspecified atom stereocenters. The zero-order chi connectivity index (χ0) is 19.3. The molecule has 8 nitrogen and oxygen atoms in total. The molecule has 150 valence electrons. The summed E-state index contributed by atoms with van der Waals surface area (Å²) in [7, 11) is 4.15. The summed E-state index contributed by atoms with van der Waals surface area (Å²) in [5.74, 6) is 2.84. The lowest BCUT2D eigenvalue weighted by atomic mass is 10.0. The van der Waals surface area contributed by atoms with Gasteiger partial charge in [-0.05, 0) is 44.9 Å². The van der Waals surface area contributed by atoms with Crippen molar-refractivity contribution in [3.05, 3.63) is 18.0 Å². The van der Waals surface area contributed by atoms with Gasteiger partial charge in [0, 0.05) is 51.1 Å². The number of amides is 1. The first-order valence-corrected chi connectivity index (χ1v) is 10.5. The number of fused-ring (bicyclic) bond motifs is 1. The number of carbonyl (C=O) groups is 1. The predicted octanol–water partition coefficient (Wildman–Crippen LogP) is 1.52. The van der Waals surface area contributed by atoms with Gasteiger partial charge in [0.15, 0.2) is 11.5 Å². The third-order valence-electron chi connectivity index (χ3n) is 6.64. The van der Waals surface area contributed by atoms with E-state index in [2.05, 4.69) is 33.1 Å². The molecule has 0 aromatic carbocycles. The van der Waals surface area contributed by atoms with Crippen molar-refractivity contribution in [2.24, 2.45) is 0 Å². The molecule has 2 saturated heterocycles. The molecule has 0 radical (unpaired) electrons. The first kappa shape index (κ1) is 17.8. The van der Waals surface area contributed by atoms with Crippen LogP contribution in [0, 0.1) is 0 Å². The highest BCUT2D eigenvalue weighted by Crippen LogP contribution is 2.38. The molecule has 4 heterocycles. The molecule has 8 heteroatoms. The molecule has 0 N–H and O–H groups in total. The van der Waals surface area contributed by atoms with E-state index in [0.717, 1.165) is 56.2 Å². The van der Waals surface area contributed by atoms with Crippen LogP contribution in [0.15, 0.2) is 12.1 Å². The second kappa shape index (κ2) is 6.99. The van der Waals surface area contributed by atoms with Gasteiger partial charge in [-0.25, -0.2) is 0 Å². The lowest BCUT2D eigenvalue weighted by molar-refractivity contribution is -0.131. The Labute approximate surface area is 165 Å². The van der Waals surface area contributed by atoms with Crippen LogP contribution in [0.2, 0.25) is 0 Å². The third-order valence-corrected chi connectivity index (χ3v) is 6.64.